The number of carbonyl (C=O) groups excluding carboxylic acids is 1. The summed E-state index contributed by atoms with van der Waals surface area (Å²) in [5.41, 5.74) is 3.58. The van der Waals surface area contributed by atoms with Gasteiger partial charge in [-0.2, -0.15) is 0 Å². The van der Waals surface area contributed by atoms with Crippen molar-refractivity contribution in [3.05, 3.63) is 98.4 Å². The van der Waals surface area contributed by atoms with Gasteiger partial charge < -0.3 is 4.74 Å². The number of para-hydroxylation sites is 1. The minimum atomic E-state index is -0.423. The summed E-state index contributed by atoms with van der Waals surface area (Å²) in [5, 5.41) is 1.63. The number of hydrogen-bond acceptors (Lipinski definition) is 3. The molecule has 3 nitrogen and oxygen atoms in total. The summed E-state index contributed by atoms with van der Waals surface area (Å²) < 4.78 is 6.53. The molecular formula is C23H14BrCl2NO2. The quantitative estimate of drug-likeness (QED) is 0.283. The Balaban J connectivity index is 1.68. The highest BCUT2D eigenvalue weighted by molar-refractivity contribution is 9.10. The summed E-state index contributed by atoms with van der Waals surface area (Å²) in [5.74, 6) is -0.423. The van der Waals surface area contributed by atoms with E-state index in [0.717, 1.165) is 26.5 Å². The standard InChI is InChI=1S/C23H14BrCl2NO2/c24-16-8-6-15(7-9-16)22-12-18(17-3-1-2-4-21(17)27-22)23(28)29-13-14-5-10-19(25)20(26)11-14/h1-12H,13H2. The molecule has 0 atom stereocenters. The fourth-order valence-corrected chi connectivity index (χ4v) is 3.55. The maximum absolute atomic E-state index is 12.9. The SMILES string of the molecule is O=C(OCc1ccc(Cl)c(Cl)c1)c1cc(-c2ccc(Br)cc2)nc2ccccc12. The number of ether oxygens (including phenoxy) is 1. The lowest BCUT2D eigenvalue weighted by molar-refractivity contribution is 0.0475. The van der Waals surface area contributed by atoms with Crippen molar-refractivity contribution in [2.45, 2.75) is 6.61 Å². The zero-order valence-corrected chi connectivity index (χ0v) is 18.1. The van der Waals surface area contributed by atoms with Gasteiger partial charge in [-0.05, 0) is 42.0 Å². The normalized spacial score (nSPS) is 10.9. The first kappa shape index (κ1) is 19.9. The van der Waals surface area contributed by atoms with Gasteiger partial charge in [0.05, 0.1) is 26.8 Å². The van der Waals surface area contributed by atoms with Crippen molar-refractivity contribution in [3.63, 3.8) is 0 Å². The number of carbonyl (C=O) groups is 1. The topological polar surface area (TPSA) is 39.2 Å². The van der Waals surface area contributed by atoms with Gasteiger partial charge in [-0.15, -0.1) is 0 Å². The smallest absolute Gasteiger partial charge is 0.339 e. The minimum Gasteiger partial charge on any atom is -0.457 e. The Hall–Kier alpha value is -2.40. The maximum atomic E-state index is 12.9. The monoisotopic (exact) mass is 485 g/mol. The first-order valence-electron chi connectivity index (χ1n) is 8.78. The molecule has 3 aromatic carbocycles. The number of aromatic nitrogens is 1. The van der Waals surface area contributed by atoms with E-state index in [2.05, 4.69) is 15.9 Å². The summed E-state index contributed by atoms with van der Waals surface area (Å²) in [7, 11) is 0. The van der Waals surface area contributed by atoms with Gasteiger partial charge in [-0.25, -0.2) is 9.78 Å². The van der Waals surface area contributed by atoms with Crippen LogP contribution in [0.2, 0.25) is 10.0 Å². The fraction of sp³-hybridized carbons (Fsp3) is 0.0435. The van der Waals surface area contributed by atoms with Gasteiger partial charge in [0.15, 0.2) is 0 Å². The molecule has 0 saturated carbocycles. The molecule has 1 aromatic heterocycles. The van der Waals surface area contributed by atoms with E-state index in [1.807, 2.05) is 48.5 Å². The van der Waals surface area contributed by atoms with Crippen LogP contribution in [0.5, 0.6) is 0 Å². The number of esters is 1. The number of rotatable bonds is 4. The summed E-state index contributed by atoms with van der Waals surface area (Å²) in [6.45, 7) is 0.0972. The molecule has 1 heterocycles. The Morgan fingerprint density at radius 1 is 0.931 bits per heavy atom. The molecule has 0 unspecified atom stereocenters. The first-order chi connectivity index (χ1) is 14.0. The number of benzene rings is 3. The van der Waals surface area contributed by atoms with Gasteiger partial charge in [0.2, 0.25) is 0 Å². The third kappa shape index (κ3) is 4.45. The minimum absolute atomic E-state index is 0.0972. The lowest BCUT2D eigenvalue weighted by Gasteiger charge is -2.11. The molecule has 4 aromatic rings. The van der Waals surface area contributed by atoms with E-state index in [-0.39, 0.29) is 6.61 Å². The van der Waals surface area contributed by atoms with Gasteiger partial charge in [-0.3, -0.25) is 0 Å². The lowest BCUT2D eigenvalue weighted by atomic mass is 10.0. The number of nitrogens with zero attached hydrogens (tertiary/aromatic N) is 1. The van der Waals surface area contributed by atoms with Crippen molar-refractivity contribution in [3.8, 4) is 11.3 Å². The Labute approximate surface area is 186 Å². The van der Waals surface area contributed by atoms with Crippen LogP contribution in [0.15, 0.2) is 77.3 Å². The molecule has 0 saturated heterocycles. The summed E-state index contributed by atoms with van der Waals surface area (Å²) >= 11 is 15.4. The average Bonchev–Trinajstić information content (AvgIpc) is 2.74. The Morgan fingerprint density at radius 2 is 1.69 bits per heavy atom. The molecule has 0 amide bonds. The molecule has 144 valence electrons. The van der Waals surface area contributed by atoms with Crippen molar-refractivity contribution in [2.75, 3.05) is 0 Å². The second-order valence-corrected chi connectivity index (χ2v) is 8.13. The second kappa shape index (κ2) is 8.54. The molecule has 0 aliphatic heterocycles. The highest BCUT2D eigenvalue weighted by atomic mass is 79.9. The van der Waals surface area contributed by atoms with Crippen molar-refractivity contribution in [1.82, 2.24) is 4.98 Å². The Morgan fingerprint density at radius 3 is 2.45 bits per heavy atom. The van der Waals surface area contributed by atoms with Crippen LogP contribution in [0.1, 0.15) is 15.9 Å². The molecular weight excluding hydrogens is 473 g/mol. The molecule has 29 heavy (non-hydrogen) atoms. The van der Waals surface area contributed by atoms with Crippen LogP contribution in [-0.4, -0.2) is 11.0 Å². The van der Waals surface area contributed by atoms with Crippen molar-refractivity contribution in [1.29, 1.82) is 0 Å². The third-order valence-electron chi connectivity index (χ3n) is 4.43. The van der Waals surface area contributed by atoms with Gasteiger partial charge in [-0.1, -0.05) is 75.5 Å². The zero-order valence-electron chi connectivity index (χ0n) is 15.0. The van der Waals surface area contributed by atoms with E-state index in [4.69, 9.17) is 32.9 Å². The van der Waals surface area contributed by atoms with E-state index in [1.165, 1.54) is 0 Å². The third-order valence-corrected chi connectivity index (χ3v) is 5.70. The van der Waals surface area contributed by atoms with Crippen LogP contribution >= 0.6 is 39.1 Å². The van der Waals surface area contributed by atoms with Crippen LogP contribution in [0.3, 0.4) is 0 Å². The predicted molar refractivity (Wildman–Crippen MR) is 120 cm³/mol. The fourth-order valence-electron chi connectivity index (χ4n) is 2.97. The van der Waals surface area contributed by atoms with E-state index in [1.54, 1.807) is 24.3 Å². The highest BCUT2D eigenvalue weighted by Crippen LogP contribution is 2.27. The van der Waals surface area contributed by atoms with Gasteiger partial charge >= 0.3 is 5.97 Å². The van der Waals surface area contributed by atoms with Crippen LogP contribution < -0.4 is 0 Å². The number of halogens is 3. The summed E-state index contributed by atoms with van der Waals surface area (Å²) in [4.78, 5) is 17.6. The van der Waals surface area contributed by atoms with Crippen LogP contribution in [0, 0.1) is 0 Å². The molecule has 0 bridgehead atoms. The predicted octanol–water partition coefficient (Wildman–Crippen LogP) is 7.33. The molecule has 0 fully saturated rings. The van der Waals surface area contributed by atoms with E-state index in [0.29, 0.717) is 21.3 Å². The number of fused-ring (bicyclic) bond motifs is 1. The zero-order chi connectivity index (χ0) is 20.4. The van der Waals surface area contributed by atoms with Crippen molar-refractivity contribution in [2.24, 2.45) is 0 Å². The van der Waals surface area contributed by atoms with Gasteiger partial charge in [0.1, 0.15) is 6.61 Å². The van der Waals surface area contributed by atoms with E-state index < -0.39 is 5.97 Å². The molecule has 0 N–H and O–H groups in total. The van der Waals surface area contributed by atoms with Crippen molar-refractivity contribution >= 4 is 56.0 Å². The van der Waals surface area contributed by atoms with Crippen molar-refractivity contribution < 1.29 is 9.53 Å². The summed E-state index contributed by atoms with van der Waals surface area (Å²) in [6.07, 6.45) is 0. The van der Waals surface area contributed by atoms with Gasteiger partial charge in [0, 0.05) is 15.4 Å². The van der Waals surface area contributed by atoms with E-state index >= 15 is 0 Å². The molecule has 6 heteroatoms. The Bertz CT molecular complexity index is 1210. The molecule has 0 radical (unpaired) electrons. The molecule has 0 aliphatic rings. The van der Waals surface area contributed by atoms with E-state index in [9.17, 15) is 4.79 Å². The summed E-state index contributed by atoms with van der Waals surface area (Å²) in [6, 6.07) is 22.2. The largest absolute Gasteiger partial charge is 0.457 e. The van der Waals surface area contributed by atoms with Gasteiger partial charge in [0.25, 0.3) is 0 Å². The Kier molecular flexibility index (Phi) is 5.86. The average molecular weight is 487 g/mol. The second-order valence-electron chi connectivity index (χ2n) is 6.40. The van der Waals surface area contributed by atoms with Crippen LogP contribution in [0.4, 0.5) is 0 Å². The highest BCUT2D eigenvalue weighted by Gasteiger charge is 2.15. The molecule has 0 aliphatic carbocycles. The molecule has 0 spiro atoms. The lowest BCUT2D eigenvalue weighted by Crippen LogP contribution is -2.07. The van der Waals surface area contributed by atoms with Crippen LogP contribution in [-0.2, 0) is 11.3 Å². The molecule has 4 rings (SSSR count). The number of hydrogen-bond donors (Lipinski definition) is 0. The maximum Gasteiger partial charge on any atom is 0.339 e. The first-order valence-corrected chi connectivity index (χ1v) is 10.3. The van der Waals surface area contributed by atoms with Crippen LogP contribution in [0.25, 0.3) is 22.2 Å². The number of pyridine rings is 1.